The van der Waals surface area contributed by atoms with Gasteiger partial charge in [0.25, 0.3) is 0 Å². The van der Waals surface area contributed by atoms with Crippen molar-refractivity contribution in [3.05, 3.63) is 71.5 Å². The monoisotopic (exact) mass is 404 g/mol. The number of H-pyrrole nitrogens is 1. The lowest BCUT2D eigenvalue weighted by Gasteiger charge is -2.21. The predicted octanol–water partition coefficient (Wildman–Crippen LogP) is 4.55. The van der Waals surface area contributed by atoms with Gasteiger partial charge in [-0.2, -0.15) is 0 Å². The quantitative estimate of drug-likeness (QED) is 0.678. The van der Waals surface area contributed by atoms with Gasteiger partial charge < -0.3 is 19.2 Å². The number of hydrogen-bond donors (Lipinski definition) is 1. The fourth-order valence-corrected chi connectivity index (χ4v) is 4.30. The van der Waals surface area contributed by atoms with E-state index in [0.717, 1.165) is 44.2 Å². The van der Waals surface area contributed by atoms with Crippen LogP contribution in [0.15, 0.2) is 54.7 Å². The molecule has 1 fully saturated rings. The average Bonchev–Trinajstić information content (AvgIpc) is 3.40. The molecule has 2 aliphatic heterocycles. The Morgan fingerprint density at radius 3 is 2.87 bits per heavy atom. The van der Waals surface area contributed by atoms with Gasteiger partial charge in [0.2, 0.25) is 0 Å². The maximum Gasteiger partial charge on any atom is 0.165 e. The molecule has 2 aromatic carbocycles. The van der Waals surface area contributed by atoms with Crippen molar-refractivity contribution < 1.29 is 14.2 Å². The van der Waals surface area contributed by atoms with Crippen molar-refractivity contribution in [1.82, 2.24) is 9.88 Å². The molecule has 0 saturated carbocycles. The molecule has 156 valence electrons. The molecular formula is C25H28N2O3. The fourth-order valence-electron chi connectivity index (χ4n) is 4.30. The molecule has 1 aromatic heterocycles. The summed E-state index contributed by atoms with van der Waals surface area (Å²) in [5, 5.41) is 0. The first-order chi connectivity index (χ1) is 14.8. The predicted molar refractivity (Wildman–Crippen MR) is 117 cm³/mol. The molecule has 5 nitrogen and oxygen atoms in total. The third-order valence-electron chi connectivity index (χ3n) is 5.87. The molecule has 0 spiro atoms. The lowest BCUT2D eigenvalue weighted by atomic mass is 9.97. The highest BCUT2D eigenvalue weighted by Gasteiger charge is 2.25. The lowest BCUT2D eigenvalue weighted by molar-refractivity contribution is 0.137. The van der Waals surface area contributed by atoms with E-state index in [1.165, 1.54) is 27.9 Å². The highest BCUT2D eigenvalue weighted by molar-refractivity contribution is 5.72. The van der Waals surface area contributed by atoms with E-state index >= 15 is 0 Å². The third kappa shape index (κ3) is 4.09. The Morgan fingerprint density at radius 2 is 2.07 bits per heavy atom. The SMILES string of the molecule is Cc1ccccc1-c1cc2c(c(OC3CCOC3)c1)OCCN(Cc1ccc[nH]1)C2. The number of rotatable bonds is 5. The molecule has 0 bridgehead atoms. The third-order valence-corrected chi connectivity index (χ3v) is 5.87. The van der Waals surface area contributed by atoms with Crippen LogP contribution in [0.5, 0.6) is 11.5 Å². The smallest absolute Gasteiger partial charge is 0.165 e. The molecule has 5 heteroatoms. The van der Waals surface area contributed by atoms with Crippen LogP contribution in [0, 0.1) is 6.92 Å². The van der Waals surface area contributed by atoms with Gasteiger partial charge in [-0.05, 0) is 47.9 Å². The Hall–Kier alpha value is -2.76. The summed E-state index contributed by atoms with van der Waals surface area (Å²) >= 11 is 0. The van der Waals surface area contributed by atoms with E-state index in [0.29, 0.717) is 13.2 Å². The highest BCUT2D eigenvalue weighted by atomic mass is 16.6. The van der Waals surface area contributed by atoms with E-state index < -0.39 is 0 Å². The van der Waals surface area contributed by atoms with Crippen LogP contribution in [-0.4, -0.2) is 42.4 Å². The number of aromatic amines is 1. The summed E-state index contributed by atoms with van der Waals surface area (Å²) in [6, 6.07) is 17.1. The molecule has 0 radical (unpaired) electrons. The summed E-state index contributed by atoms with van der Waals surface area (Å²) in [6.45, 7) is 6.77. The van der Waals surface area contributed by atoms with Crippen molar-refractivity contribution in [3.8, 4) is 22.6 Å². The second-order valence-electron chi connectivity index (χ2n) is 8.14. The first kappa shape index (κ1) is 19.2. The van der Waals surface area contributed by atoms with Crippen LogP contribution in [0.1, 0.15) is 23.2 Å². The summed E-state index contributed by atoms with van der Waals surface area (Å²) < 4.78 is 18.2. The number of aryl methyl sites for hydroxylation is 1. The topological polar surface area (TPSA) is 46.7 Å². The second-order valence-corrected chi connectivity index (χ2v) is 8.14. The van der Waals surface area contributed by atoms with Crippen molar-refractivity contribution in [2.45, 2.75) is 32.5 Å². The van der Waals surface area contributed by atoms with Gasteiger partial charge >= 0.3 is 0 Å². The van der Waals surface area contributed by atoms with Crippen molar-refractivity contribution in [2.75, 3.05) is 26.4 Å². The van der Waals surface area contributed by atoms with Crippen LogP contribution >= 0.6 is 0 Å². The highest BCUT2D eigenvalue weighted by Crippen LogP contribution is 2.40. The molecule has 0 aliphatic carbocycles. The molecule has 1 unspecified atom stereocenters. The summed E-state index contributed by atoms with van der Waals surface area (Å²) in [5.74, 6) is 1.72. The Kier molecular flexibility index (Phi) is 5.47. The van der Waals surface area contributed by atoms with Crippen LogP contribution < -0.4 is 9.47 Å². The molecule has 30 heavy (non-hydrogen) atoms. The number of nitrogens with zero attached hydrogens (tertiary/aromatic N) is 1. The van der Waals surface area contributed by atoms with Gasteiger partial charge in [-0.25, -0.2) is 0 Å². The van der Waals surface area contributed by atoms with Crippen LogP contribution in [0.2, 0.25) is 0 Å². The summed E-state index contributed by atoms with van der Waals surface area (Å²) in [7, 11) is 0. The number of aromatic nitrogens is 1. The van der Waals surface area contributed by atoms with Crippen LogP contribution in [-0.2, 0) is 17.8 Å². The molecule has 1 atom stereocenters. The van der Waals surface area contributed by atoms with Gasteiger partial charge in [0.05, 0.1) is 13.2 Å². The van der Waals surface area contributed by atoms with E-state index in [4.69, 9.17) is 14.2 Å². The Labute approximate surface area is 177 Å². The van der Waals surface area contributed by atoms with Gasteiger partial charge in [0, 0.05) is 43.5 Å². The van der Waals surface area contributed by atoms with E-state index in [-0.39, 0.29) is 6.10 Å². The zero-order valence-electron chi connectivity index (χ0n) is 17.4. The fraction of sp³-hybridized carbons (Fsp3) is 0.360. The van der Waals surface area contributed by atoms with Crippen molar-refractivity contribution in [2.24, 2.45) is 0 Å². The zero-order chi connectivity index (χ0) is 20.3. The van der Waals surface area contributed by atoms with E-state index in [9.17, 15) is 0 Å². The van der Waals surface area contributed by atoms with Gasteiger partial charge in [0.15, 0.2) is 11.5 Å². The minimum Gasteiger partial charge on any atom is -0.488 e. The lowest BCUT2D eigenvalue weighted by Crippen LogP contribution is -2.25. The maximum absolute atomic E-state index is 6.40. The number of ether oxygens (including phenoxy) is 3. The largest absolute Gasteiger partial charge is 0.488 e. The molecule has 2 aliphatic rings. The summed E-state index contributed by atoms with van der Waals surface area (Å²) in [5.41, 5.74) is 6.05. The Bertz CT molecular complexity index is 994. The minimum absolute atomic E-state index is 0.0862. The Morgan fingerprint density at radius 1 is 1.13 bits per heavy atom. The van der Waals surface area contributed by atoms with E-state index in [1.807, 2.05) is 12.3 Å². The standard InChI is InChI=1S/C25H28N2O3/c1-18-5-2-3-7-23(18)19-13-20-15-27(16-21-6-4-9-26-21)10-12-29-25(20)24(14-19)30-22-8-11-28-17-22/h2-7,9,13-14,22,26H,8,10-12,15-17H2,1H3. The minimum atomic E-state index is 0.0862. The molecule has 5 rings (SSSR count). The maximum atomic E-state index is 6.40. The normalized spacial score (nSPS) is 19.2. The van der Waals surface area contributed by atoms with Crippen LogP contribution in [0.25, 0.3) is 11.1 Å². The number of hydrogen-bond acceptors (Lipinski definition) is 4. The second kappa shape index (κ2) is 8.54. The number of benzene rings is 2. The summed E-state index contributed by atoms with van der Waals surface area (Å²) in [6.07, 6.45) is 2.98. The van der Waals surface area contributed by atoms with E-state index in [2.05, 4.69) is 59.3 Å². The van der Waals surface area contributed by atoms with Crippen molar-refractivity contribution in [1.29, 1.82) is 0 Å². The van der Waals surface area contributed by atoms with Crippen LogP contribution in [0.4, 0.5) is 0 Å². The van der Waals surface area contributed by atoms with Gasteiger partial charge in [-0.3, -0.25) is 4.90 Å². The molecule has 3 aromatic rings. The zero-order valence-corrected chi connectivity index (χ0v) is 17.4. The molecule has 3 heterocycles. The van der Waals surface area contributed by atoms with Gasteiger partial charge in [-0.15, -0.1) is 0 Å². The molecule has 0 amide bonds. The number of nitrogens with one attached hydrogen (secondary N) is 1. The summed E-state index contributed by atoms with van der Waals surface area (Å²) in [4.78, 5) is 5.73. The average molecular weight is 405 g/mol. The van der Waals surface area contributed by atoms with Crippen molar-refractivity contribution >= 4 is 0 Å². The van der Waals surface area contributed by atoms with Crippen LogP contribution in [0.3, 0.4) is 0 Å². The molecule has 1 saturated heterocycles. The first-order valence-electron chi connectivity index (χ1n) is 10.7. The van der Waals surface area contributed by atoms with Gasteiger partial charge in [0.1, 0.15) is 12.7 Å². The Balaban J connectivity index is 1.52. The van der Waals surface area contributed by atoms with E-state index in [1.54, 1.807) is 0 Å². The molecule has 1 N–H and O–H groups in total. The molecular weight excluding hydrogens is 376 g/mol. The number of fused-ring (bicyclic) bond motifs is 1. The van der Waals surface area contributed by atoms with Gasteiger partial charge in [-0.1, -0.05) is 24.3 Å². The van der Waals surface area contributed by atoms with Crippen molar-refractivity contribution in [3.63, 3.8) is 0 Å². The first-order valence-corrected chi connectivity index (χ1v) is 10.7.